The zero-order valence-corrected chi connectivity index (χ0v) is 10.9. The molecular formula is C13H19ClN2O. The second-order valence-corrected chi connectivity index (χ2v) is 5.38. The summed E-state index contributed by atoms with van der Waals surface area (Å²) in [5, 5.41) is 0.247. The number of pyridine rings is 1. The average molecular weight is 255 g/mol. The summed E-state index contributed by atoms with van der Waals surface area (Å²) in [6, 6.07) is 5.27. The van der Waals surface area contributed by atoms with E-state index in [1.807, 2.05) is 12.3 Å². The maximum absolute atomic E-state index is 11.5. The first-order valence-corrected chi connectivity index (χ1v) is 6.62. The highest BCUT2D eigenvalue weighted by Crippen LogP contribution is 2.21. The summed E-state index contributed by atoms with van der Waals surface area (Å²) in [4.78, 5) is 13.9. The normalized spacial score (nSPS) is 26.0. The molecule has 17 heavy (non-hydrogen) atoms. The van der Waals surface area contributed by atoms with Gasteiger partial charge in [0.2, 0.25) is 0 Å². The Morgan fingerprint density at radius 3 is 2.94 bits per heavy atom. The second-order valence-electron chi connectivity index (χ2n) is 4.81. The van der Waals surface area contributed by atoms with E-state index >= 15 is 0 Å². The Bertz CT molecular complexity index is 418. The molecule has 0 amide bonds. The van der Waals surface area contributed by atoms with E-state index in [1.54, 1.807) is 16.7 Å². The van der Waals surface area contributed by atoms with Crippen molar-refractivity contribution >= 4 is 11.6 Å². The van der Waals surface area contributed by atoms with Gasteiger partial charge in [0.15, 0.2) is 0 Å². The fourth-order valence-electron chi connectivity index (χ4n) is 2.18. The number of likely N-dealkylation sites (tertiary alicyclic amines) is 1. The molecule has 3 nitrogen and oxygen atoms in total. The largest absolute Gasteiger partial charge is 0.314 e. The maximum atomic E-state index is 11.5. The molecule has 0 spiro atoms. The van der Waals surface area contributed by atoms with Gasteiger partial charge in [0.05, 0.1) is 0 Å². The summed E-state index contributed by atoms with van der Waals surface area (Å²) >= 11 is 6.26. The van der Waals surface area contributed by atoms with Crippen LogP contribution in [0.3, 0.4) is 0 Å². The smallest absolute Gasteiger partial charge is 0.250 e. The molecule has 0 aliphatic carbocycles. The van der Waals surface area contributed by atoms with E-state index < -0.39 is 0 Å². The topological polar surface area (TPSA) is 25.2 Å². The van der Waals surface area contributed by atoms with Crippen molar-refractivity contribution in [1.82, 2.24) is 9.47 Å². The molecule has 1 aromatic rings. The fraction of sp³-hybridized carbons (Fsp3) is 0.615. The van der Waals surface area contributed by atoms with E-state index in [1.165, 1.54) is 0 Å². The van der Waals surface area contributed by atoms with Crippen LogP contribution in [-0.4, -0.2) is 34.5 Å². The summed E-state index contributed by atoms with van der Waals surface area (Å²) in [5.41, 5.74) is 0.0697. The van der Waals surface area contributed by atoms with Crippen molar-refractivity contribution in [3.05, 3.63) is 34.7 Å². The Morgan fingerprint density at radius 2 is 2.24 bits per heavy atom. The summed E-state index contributed by atoms with van der Waals surface area (Å²) in [7, 11) is 0. The Morgan fingerprint density at radius 1 is 1.41 bits per heavy atom. The molecule has 0 bridgehead atoms. The van der Waals surface area contributed by atoms with Crippen LogP contribution < -0.4 is 5.56 Å². The van der Waals surface area contributed by atoms with E-state index in [4.69, 9.17) is 11.6 Å². The van der Waals surface area contributed by atoms with Gasteiger partial charge in [-0.05, 0) is 24.9 Å². The van der Waals surface area contributed by atoms with Crippen LogP contribution in [0.25, 0.3) is 0 Å². The average Bonchev–Trinajstić information content (AvgIpc) is 2.32. The first-order valence-electron chi connectivity index (χ1n) is 6.18. The Kier molecular flexibility index (Phi) is 4.24. The predicted octanol–water partition coefficient (Wildman–Crippen LogP) is 1.80. The number of alkyl halides is 1. The van der Waals surface area contributed by atoms with Gasteiger partial charge in [-0.2, -0.15) is 0 Å². The molecule has 2 atom stereocenters. The van der Waals surface area contributed by atoms with Gasteiger partial charge in [-0.3, -0.25) is 4.79 Å². The van der Waals surface area contributed by atoms with Crippen molar-refractivity contribution in [2.75, 3.05) is 19.6 Å². The Hall–Kier alpha value is -0.800. The molecule has 1 aliphatic rings. The van der Waals surface area contributed by atoms with Crippen molar-refractivity contribution in [2.24, 2.45) is 5.92 Å². The number of nitrogens with zero attached hydrogens (tertiary/aromatic N) is 2. The minimum absolute atomic E-state index is 0.0697. The van der Waals surface area contributed by atoms with Crippen molar-refractivity contribution < 1.29 is 0 Å². The molecule has 0 aromatic carbocycles. The third-order valence-electron chi connectivity index (χ3n) is 3.51. The van der Waals surface area contributed by atoms with E-state index in [0.29, 0.717) is 5.92 Å². The quantitative estimate of drug-likeness (QED) is 0.769. The van der Waals surface area contributed by atoms with Crippen LogP contribution in [-0.2, 0) is 6.54 Å². The van der Waals surface area contributed by atoms with E-state index in [9.17, 15) is 4.79 Å². The van der Waals surface area contributed by atoms with Crippen LogP contribution >= 0.6 is 11.6 Å². The molecular weight excluding hydrogens is 236 g/mol. The highest BCUT2D eigenvalue weighted by molar-refractivity contribution is 6.21. The van der Waals surface area contributed by atoms with Crippen LogP contribution in [0.5, 0.6) is 0 Å². The lowest BCUT2D eigenvalue weighted by molar-refractivity contribution is 0.190. The van der Waals surface area contributed by atoms with Crippen molar-refractivity contribution in [1.29, 1.82) is 0 Å². The maximum Gasteiger partial charge on any atom is 0.250 e. The summed E-state index contributed by atoms with van der Waals surface area (Å²) < 4.78 is 1.75. The monoisotopic (exact) mass is 254 g/mol. The first kappa shape index (κ1) is 12.7. The first-order chi connectivity index (χ1) is 8.16. The minimum Gasteiger partial charge on any atom is -0.314 e. The van der Waals surface area contributed by atoms with Gasteiger partial charge in [0.25, 0.3) is 5.56 Å². The van der Waals surface area contributed by atoms with Crippen LogP contribution in [0.1, 0.15) is 13.3 Å². The zero-order chi connectivity index (χ0) is 12.3. The zero-order valence-electron chi connectivity index (χ0n) is 10.2. The predicted molar refractivity (Wildman–Crippen MR) is 70.6 cm³/mol. The second kappa shape index (κ2) is 5.69. The highest BCUT2D eigenvalue weighted by Gasteiger charge is 2.23. The third-order valence-corrected chi connectivity index (χ3v) is 4.08. The molecule has 94 valence electrons. The molecule has 4 heteroatoms. The van der Waals surface area contributed by atoms with Crippen molar-refractivity contribution in [3.8, 4) is 0 Å². The number of hydrogen-bond acceptors (Lipinski definition) is 2. The lowest BCUT2D eigenvalue weighted by Crippen LogP contribution is -2.42. The van der Waals surface area contributed by atoms with Crippen molar-refractivity contribution in [3.63, 3.8) is 0 Å². The number of hydrogen-bond donors (Lipinski definition) is 0. The number of piperidine rings is 1. The molecule has 2 unspecified atom stereocenters. The van der Waals surface area contributed by atoms with Gasteiger partial charge >= 0.3 is 0 Å². The Labute approximate surface area is 107 Å². The summed E-state index contributed by atoms with van der Waals surface area (Å²) in [6.45, 7) is 5.88. The number of aromatic nitrogens is 1. The van der Waals surface area contributed by atoms with Gasteiger partial charge in [-0.1, -0.05) is 13.0 Å². The SMILES string of the molecule is CC1CCN(CCn2ccccc2=O)CC1Cl. The number of rotatable bonds is 3. The van der Waals surface area contributed by atoms with Crippen molar-refractivity contribution in [2.45, 2.75) is 25.3 Å². The molecule has 1 aromatic heterocycles. The van der Waals surface area contributed by atoms with E-state index in [2.05, 4.69) is 11.8 Å². The van der Waals surface area contributed by atoms with Gasteiger partial charge in [0, 0.05) is 37.3 Å². The molecule has 0 N–H and O–H groups in total. The molecule has 2 heterocycles. The summed E-state index contributed by atoms with van der Waals surface area (Å²) in [5.74, 6) is 0.604. The molecule has 1 aliphatic heterocycles. The lowest BCUT2D eigenvalue weighted by Gasteiger charge is -2.33. The van der Waals surface area contributed by atoms with Gasteiger partial charge in [0.1, 0.15) is 0 Å². The van der Waals surface area contributed by atoms with Crippen LogP contribution in [0.4, 0.5) is 0 Å². The Balaban J connectivity index is 1.87. The van der Waals surface area contributed by atoms with Crippen LogP contribution in [0.15, 0.2) is 29.2 Å². The lowest BCUT2D eigenvalue weighted by atomic mass is 9.99. The standard InChI is InChI=1S/C13H19ClN2O/c1-11-5-7-15(10-12(11)14)8-9-16-6-3-2-4-13(16)17/h2-4,6,11-12H,5,7-10H2,1H3. The van der Waals surface area contributed by atoms with Crippen LogP contribution in [0, 0.1) is 5.92 Å². The number of halogens is 1. The molecule has 2 rings (SSSR count). The molecule has 0 saturated carbocycles. The van der Waals surface area contributed by atoms with E-state index in [0.717, 1.165) is 32.6 Å². The van der Waals surface area contributed by atoms with Gasteiger partial charge in [-0.25, -0.2) is 0 Å². The van der Waals surface area contributed by atoms with Gasteiger partial charge in [-0.15, -0.1) is 11.6 Å². The minimum atomic E-state index is 0.0697. The highest BCUT2D eigenvalue weighted by atomic mass is 35.5. The van der Waals surface area contributed by atoms with E-state index in [-0.39, 0.29) is 10.9 Å². The van der Waals surface area contributed by atoms with Crippen LogP contribution in [0.2, 0.25) is 0 Å². The molecule has 0 radical (unpaired) electrons. The van der Waals surface area contributed by atoms with Gasteiger partial charge < -0.3 is 9.47 Å². The fourth-order valence-corrected chi connectivity index (χ4v) is 2.50. The molecule has 1 saturated heterocycles. The third kappa shape index (κ3) is 3.33. The summed E-state index contributed by atoms with van der Waals surface area (Å²) in [6.07, 6.45) is 2.99. The molecule has 1 fully saturated rings.